The van der Waals surface area contributed by atoms with Gasteiger partial charge in [0.05, 0.1) is 0 Å². The molecule has 0 aliphatic rings. The smallest absolute Gasteiger partial charge is 0.121 e. The molecule has 0 aliphatic carbocycles. The molecule has 2 aromatic carbocycles. The van der Waals surface area contributed by atoms with Gasteiger partial charge < -0.3 is 10.4 Å². The molecule has 2 nitrogen and oxygen atoms in total. The summed E-state index contributed by atoms with van der Waals surface area (Å²) in [6, 6.07) is 12.6. The van der Waals surface area contributed by atoms with Gasteiger partial charge in [0.2, 0.25) is 0 Å². The van der Waals surface area contributed by atoms with Crippen LogP contribution in [0.1, 0.15) is 27.8 Å². The molecule has 0 unspecified atom stereocenters. The monoisotopic (exact) mass is 269 g/mol. The van der Waals surface area contributed by atoms with Gasteiger partial charge in [0.25, 0.3) is 0 Å². The molecule has 106 valence electrons. The molecule has 0 amide bonds. The number of hydrogen-bond donors (Lipinski definition) is 2. The van der Waals surface area contributed by atoms with Crippen LogP contribution < -0.4 is 5.32 Å². The second kappa shape index (κ2) is 6.58. The Kier molecular flexibility index (Phi) is 4.80. The highest BCUT2D eigenvalue weighted by Gasteiger charge is 2.03. The second-order valence-electron chi connectivity index (χ2n) is 5.43. The quantitative estimate of drug-likeness (QED) is 0.812. The van der Waals surface area contributed by atoms with Crippen molar-refractivity contribution in [2.24, 2.45) is 0 Å². The highest BCUT2D eigenvalue weighted by molar-refractivity contribution is 5.42. The number of benzene rings is 2. The summed E-state index contributed by atoms with van der Waals surface area (Å²) in [4.78, 5) is 0. The fraction of sp³-hybridized carbons (Fsp3) is 0.333. The molecule has 0 fully saturated rings. The Morgan fingerprint density at radius 3 is 2.25 bits per heavy atom. The first-order valence-electron chi connectivity index (χ1n) is 7.12. The number of rotatable bonds is 5. The number of hydrogen-bond acceptors (Lipinski definition) is 2. The van der Waals surface area contributed by atoms with Gasteiger partial charge in [0.1, 0.15) is 5.75 Å². The molecule has 0 radical (unpaired) electrons. The van der Waals surface area contributed by atoms with Crippen molar-refractivity contribution in [1.82, 2.24) is 5.32 Å². The lowest BCUT2D eigenvalue weighted by molar-refractivity contribution is 0.466. The van der Waals surface area contributed by atoms with Crippen LogP contribution in [-0.2, 0) is 13.0 Å². The van der Waals surface area contributed by atoms with Crippen LogP contribution in [-0.4, -0.2) is 11.7 Å². The Hall–Kier alpha value is -1.80. The molecule has 0 aliphatic heterocycles. The standard InChI is InChI=1S/C18H23NO/c1-13-6-4-5-7-17(13)8-9-19-12-16-10-14(2)18(20)15(3)11-16/h4-7,10-11,19-20H,8-9,12H2,1-3H3. The predicted octanol–water partition coefficient (Wildman–Crippen LogP) is 3.65. The van der Waals surface area contributed by atoms with E-state index in [0.717, 1.165) is 30.6 Å². The zero-order chi connectivity index (χ0) is 14.5. The van der Waals surface area contributed by atoms with Gasteiger partial charge in [-0.25, -0.2) is 0 Å². The Morgan fingerprint density at radius 1 is 0.950 bits per heavy atom. The third-order valence-corrected chi connectivity index (χ3v) is 3.71. The zero-order valence-corrected chi connectivity index (χ0v) is 12.5. The molecule has 0 atom stereocenters. The lowest BCUT2D eigenvalue weighted by Gasteiger charge is -2.10. The fourth-order valence-electron chi connectivity index (χ4n) is 2.49. The van der Waals surface area contributed by atoms with Gasteiger partial charge in [-0.15, -0.1) is 0 Å². The third-order valence-electron chi connectivity index (χ3n) is 3.71. The fourth-order valence-corrected chi connectivity index (χ4v) is 2.49. The number of phenolic OH excluding ortho intramolecular Hbond substituents is 1. The summed E-state index contributed by atoms with van der Waals surface area (Å²) in [5.41, 5.74) is 5.87. The van der Waals surface area contributed by atoms with Crippen molar-refractivity contribution in [3.8, 4) is 5.75 Å². The topological polar surface area (TPSA) is 32.3 Å². The molecular weight excluding hydrogens is 246 g/mol. The van der Waals surface area contributed by atoms with Gasteiger partial charge in [0.15, 0.2) is 0 Å². The molecule has 0 spiro atoms. The minimum absolute atomic E-state index is 0.411. The first-order valence-corrected chi connectivity index (χ1v) is 7.12. The lowest BCUT2D eigenvalue weighted by atomic mass is 10.0. The largest absolute Gasteiger partial charge is 0.507 e. The van der Waals surface area contributed by atoms with E-state index in [1.165, 1.54) is 16.7 Å². The molecule has 0 bridgehead atoms. The molecular formula is C18H23NO. The minimum atomic E-state index is 0.411. The third kappa shape index (κ3) is 3.61. The van der Waals surface area contributed by atoms with Gasteiger partial charge in [0, 0.05) is 6.54 Å². The normalized spacial score (nSPS) is 10.8. The van der Waals surface area contributed by atoms with Crippen LogP contribution in [0.3, 0.4) is 0 Å². The average Bonchev–Trinajstić information content (AvgIpc) is 2.42. The van der Waals surface area contributed by atoms with E-state index >= 15 is 0 Å². The highest BCUT2D eigenvalue weighted by Crippen LogP contribution is 2.22. The number of phenols is 1. The summed E-state index contributed by atoms with van der Waals surface area (Å²) in [6.07, 6.45) is 1.04. The van der Waals surface area contributed by atoms with Gasteiger partial charge in [-0.05, 0) is 61.6 Å². The van der Waals surface area contributed by atoms with Crippen LogP contribution in [0.25, 0.3) is 0 Å². The maximum Gasteiger partial charge on any atom is 0.121 e. The van der Waals surface area contributed by atoms with E-state index in [-0.39, 0.29) is 0 Å². The van der Waals surface area contributed by atoms with Gasteiger partial charge in [-0.1, -0.05) is 36.4 Å². The van der Waals surface area contributed by atoms with Crippen molar-refractivity contribution in [3.05, 3.63) is 64.2 Å². The molecule has 2 rings (SSSR count). The van der Waals surface area contributed by atoms with Crippen molar-refractivity contribution in [2.45, 2.75) is 33.7 Å². The van der Waals surface area contributed by atoms with E-state index in [1.54, 1.807) is 0 Å². The van der Waals surface area contributed by atoms with E-state index in [4.69, 9.17) is 0 Å². The molecule has 0 saturated carbocycles. The lowest BCUT2D eigenvalue weighted by Crippen LogP contribution is -2.17. The summed E-state index contributed by atoms with van der Waals surface area (Å²) in [5.74, 6) is 0.411. The van der Waals surface area contributed by atoms with Crippen molar-refractivity contribution in [1.29, 1.82) is 0 Å². The Balaban J connectivity index is 1.86. The van der Waals surface area contributed by atoms with Crippen molar-refractivity contribution >= 4 is 0 Å². The molecule has 20 heavy (non-hydrogen) atoms. The van der Waals surface area contributed by atoms with E-state index in [0.29, 0.717) is 5.75 Å². The molecule has 2 N–H and O–H groups in total. The maximum atomic E-state index is 9.76. The molecule has 0 heterocycles. The maximum absolute atomic E-state index is 9.76. The van der Waals surface area contributed by atoms with Crippen LogP contribution in [0, 0.1) is 20.8 Å². The zero-order valence-electron chi connectivity index (χ0n) is 12.5. The van der Waals surface area contributed by atoms with Crippen LogP contribution in [0.4, 0.5) is 0 Å². The Labute approximate surface area is 121 Å². The van der Waals surface area contributed by atoms with Crippen molar-refractivity contribution in [3.63, 3.8) is 0 Å². The minimum Gasteiger partial charge on any atom is -0.507 e. The molecule has 2 aromatic rings. The highest BCUT2D eigenvalue weighted by atomic mass is 16.3. The average molecular weight is 269 g/mol. The number of aryl methyl sites for hydroxylation is 3. The summed E-state index contributed by atoms with van der Waals surface area (Å²) >= 11 is 0. The second-order valence-corrected chi connectivity index (χ2v) is 5.43. The van der Waals surface area contributed by atoms with Crippen molar-refractivity contribution < 1.29 is 5.11 Å². The first kappa shape index (κ1) is 14.6. The van der Waals surface area contributed by atoms with E-state index in [9.17, 15) is 5.11 Å². The van der Waals surface area contributed by atoms with Crippen molar-refractivity contribution in [2.75, 3.05) is 6.54 Å². The van der Waals surface area contributed by atoms with Gasteiger partial charge in [-0.2, -0.15) is 0 Å². The Morgan fingerprint density at radius 2 is 1.60 bits per heavy atom. The van der Waals surface area contributed by atoms with E-state index in [2.05, 4.69) is 36.5 Å². The predicted molar refractivity (Wildman–Crippen MR) is 84.2 cm³/mol. The van der Waals surface area contributed by atoms with Crippen LogP contribution in [0.5, 0.6) is 5.75 Å². The molecule has 0 saturated heterocycles. The molecule has 0 aromatic heterocycles. The molecule has 2 heteroatoms. The van der Waals surface area contributed by atoms with E-state index in [1.807, 2.05) is 26.0 Å². The first-order chi connectivity index (χ1) is 9.58. The van der Waals surface area contributed by atoms with Gasteiger partial charge >= 0.3 is 0 Å². The number of nitrogens with one attached hydrogen (secondary N) is 1. The number of aromatic hydroxyl groups is 1. The van der Waals surface area contributed by atoms with E-state index < -0.39 is 0 Å². The summed E-state index contributed by atoms with van der Waals surface area (Å²) in [6.45, 7) is 7.85. The summed E-state index contributed by atoms with van der Waals surface area (Å²) in [7, 11) is 0. The SMILES string of the molecule is Cc1ccccc1CCNCc1cc(C)c(O)c(C)c1. The van der Waals surface area contributed by atoms with Crippen LogP contribution in [0.2, 0.25) is 0 Å². The van der Waals surface area contributed by atoms with Gasteiger partial charge in [-0.3, -0.25) is 0 Å². The van der Waals surface area contributed by atoms with Crippen LogP contribution in [0.15, 0.2) is 36.4 Å². The van der Waals surface area contributed by atoms with Crippen LogP contribution >= 0.6 is 0 Å². The summed E-state index contributed by atoms with van der Waals surface area (Å²) in [5, 5.41) is 13.2. The summed E-state index contributed by atoms with van der Waals surface area (Å²) < 4.78 is 0. The Bertz CT molecular complexity index is 567.